The van der Waals surface area contributed by atoms with Crippen molar-refractivity contribution in [1.29, 1.82) is 0 Å². The van der Waals surface area contributed by atoms with Gasteiger partial charge in [-0.15, -0.1) is 0 Å². The van der Waals surface area contributed by atoms with Crippen LogP contribution >= 0.6 is 0 Å². The Bertz CT molecular complexity index is 1170. The van der Waals surface area contributed by atoms with Crippen molar-refractivity contribution in [3.8, 4) is 0 Å². The number of hydrogen-bond donors (Lipinski definition) is 1. The Morgan fingerprint density at radius 1 is 1.17 bits per heavy atom. The SMILES string of the molecule is Cn1ccnc1[C@@H](NS(=O)(=O)c1ccc(N2CCCC2=O)cc1)c1cccc(F)c1. The monoisotopic (exact) mass is 428 g/mol. The first-order valence-corrected chi connectivity index (χ1v) is 11.0. The van der Waals surface area contributed by atoms with E-state index in [1.165, 1.54) is 30.3 Å². The first-order valence-electron chi connectivity index (χ1n) is 9.50. The maximum atomic E-state index is 13.8. The Morgan fingerprint density at radius 2 is 1.93 bits per heavy atom. The predicted molar refractivity (Wildman–Crippen MR) is 110 cm³/mol. The molecule has 0 spiro atoms. The van der Waals surface area contributed by atoms with Gasteiger partial charge in [0.15, 0.2) is 0 Å². The highest BCUT2D eigenvalue weighted by atomic mass is 32.2. The fraction of sp³-hybridized carbons (Fsp3) is 0.238. The third kappa shape index (κ3) is 3.99. The van der Waals surface area contributed by atoms with E-state index < -0.39 is 21.9 Å². The van der Waals surface area contributed by atoms with E-state index in [2.05, 4.69) is 9.71 Å². The molecule has 9 heteroatoms. The first-order chi connectivity index (χ1) is 14.3. The van der Waals surface area contributed by atoms with E-state index in [1.54, 1.807) is 47.1 Å². The number of carbonyl (C=O) groups excluding carboxylic acids is 1. The molecule has 4 rings (SSSR count). The number of amides is 1. The second-order valence-corrected chi connectivity index (χ2v) is 8.86. The third-order valence-electron chi connectivity index (χ3n) is 5.10. The van der Waals surface area contributed by atoms with Gasteiger partial charge >= 0.3 is 0 Å². The Balaban J connectivity index is 1.65. The molecule has 0 aliphatic carbocycles. The summed E-state index contributed by atoms with van der Waals surface area (Å²) in [6.45, 7) is 0.629. The smallest absolute Gasteiger partial charge is 0.241 e. The molecule has 30 heavy (non-hydrogen) atoms. The largest absolute Gasteiger partial charge is 0.336 e. The fourth-order valence-electron chi connectivity index (χ4n) is 3.56. The van der Waals surface area contributed by atoms with Gasteiger partial charge in [0.1, 0.15) is 17.7 Å². The van der Waals surface area contributed by atoms with Crippen molar-refractivity contribution in [3.05, 3.63) is 78.1 Å². The number of sulfonamides is 1. The highest BCUT2D eigenvalue weighted by Gasteiger charge is 2.27. The molecule has 2 aromatic carbocycles. The van der Waals surface area contributed by atoms with Crippen LogP contribution in [0.3, 0.4) is 0 Å². The molecule has 1 saturated heterocycles. The maximum Gasteiger partial charge on any atom is 0.241 e. The quantitative estimate of drug-likeness (QED) is 0.654. The lowest BCUT2D eigenvalue weighted by Gasteiger charge is -2.20. The van der Waals surface area contributed by atoms with Crippen molar-refractivity contribution < 1.29 is 17.6 Å². The number of aryl methyl sites for hydroxylation is 1. The van der Waals surface area contributed by atoms with Gasteiger partial charge in [-0.2, -0.15) is 4.72 Å². The van der Waals surface area contributed by atoms with E-state index in [9.17, 15) is 17.6 Å². The Labute approximate surface area is 174 Å². The summed E-state index contributed by atoms with van der Waals surface area (Å²) < 4.78 is 44.3. The van der Waals surface area contributed by atoms with Gasteiger partial charge in [0, 0.05) is 38.1 Å². The summed E-state index contributed by atoms with van der Waals surface area (Å²) in [4.78, 5) is 17.8. The second-order valence-electron chi connectivity index (χ2n) is 7.15. The van der Waals surface area contributed by atoms with Crippen LogP contribution in [0.5, 0.6) is 0 Å². The van der Waals surface area contributed by atoms with Gasteiger partial charge in [-0.3, -0.25) is 4.79 Å². The molecular weight excluding hydrogens is 407 g/mol. The van der Waals surface area contributed by atoms with Gasteiger partial charge in [0.05, 0.1) is 4.90 Å². The Kier molecular flexibility index (Phi) is 5.40. The number of carbonyl (C=O) groups is 1. The number of rotatable bonds is 6. The van der Waals surface area contributed by atoms with Gasteiger partial charge in [-0.25, -0.2) is 17.8 Å². The summed E-state index contributed by atoms with van der Waals surface area (Å²) >= 11 is 0. The molecule has 1 fully saturated rings. The molecule has 156 valence electrons. The van der Waals surface area contributed by atoms with Crippen molar-refractivity contribution in [2.75, 3.05) is 11.4 Å². The van der Waals surface area contributed by atoms with Crippen LogP contribution in [-0.2, 0) is 21.9 Å². The van der Waals surface area contributed by atoms with Crippen molar-refractivity contribution in [2.45, 2.75) is 23.8 Å². The van der Waals surface area contributed by atoms with Crippen molar-refractivity contribution in [3.63, 3.8) is 0 Å². The fourth-order valence-corrected chi connectivity index (χ4v) is 4.74. The van der Waals surface area contributed by atoms with Gasteiger partial charge in [0.25, 0.3) is 0 Å². The normalized spacial score (nSPS) is 15.5. The van der Waals surface area contributed by atoms with Gasteiger partial charge in [0.2, 0.25) is 15.9 Å². The van der Waals surface area contributed by atoms with Crippen molar-refractivity contribution in [1.82, 2.24) is 14.3 Å². The van der Waals surface area contributed by atoms with Gasteiger partial charge < -0.3 is 9.47 Å². The van der Waals surface area contributed by atoms with Crippen LogP contribution in [-0.4, -0.2) is 30.4 Å². The summed E-state index contributed by atoms with van der Waals surface area (Å²) in [5.74, 6) is -0.00122. The zero-order valence-corrected chi connectivity index (χ0v) is 17.1. The summed E-state index contributed by atoms with van der Waals surface area (Å²) in [6, 6.07) is 11.0. The molecule has 0 unspecified atom stereocenters. The molecule has 2 heterocycles. The average Bonchev–Trinajstić information content (AvgIpc) is 3.34. The van der Waals surface area contributed by atoms with Crippen molar-refractivity contribution in [2.24, 2.45) is 7.05 Å². The number of halogens is 1. The number of benzene rings is 2. The molecule has 1 aliphatic heterocycles. The zero-order chi connectivity index (χ0) is 21.3. The molecule has 1 amide bonds. The van der Waals surface area contributed by atoms with Crippen LogP contribution in [0.2, 0.25) is 0 Å². The van der Waals surface area contributed by atoms with Crippen LogP contribution in [0.25, 0.3) is 0 Å². The molecule has 1 N–H and O–H groups in total. The van der Waals surface area contributed by atoms with E-state index >= 15 is 0 Å². The minimum absolute atomic E-state index is 0.0321. The predicted octanol–water partition coefficient (Wildman–Crippen LogP) is 2.75. The summed E-state index contributed by atoms with van der Waals surface area (Å²) in [7, 11) is -2.21. The lowest BCUT2D eigenvalue weighted by molar-refractivity contribution is -0.117. The minimum atomic E-state index is -3.95. The van der Waals surface area contributed by atoms with Crippen LogP contribution < -0.4 is 9.62 Å². The number of imidazole rings is 1. The molecule has 1 atom stereocenters. The lowest BCUT2D eigenvalue weighted by Crippen LogP contribution is -2.31. The van der Waals surface area contributed by atoms with Crippen LogP contribution in [0, 0.1) is 5.82 Å². The zero-order valence-electron chi connectivity index (χ0n) is 16.3. The summed E-state index contributed by atoms with van der Waals surface area (Å²) in [5, 5.41) is 0. The maximum absolute atomic E-state index is 13.8. The van der Waals surface area contributed by atoms with E-state index in [0.29, 0.717) is 30.0 Å². The van der Waals surface area contributed by atoms with Crippen molar-refractivity contribution >= 4 is 21.6 Å². The van der Waals surface area contributed by atoms with E-state index in [0.717, 1.165) is 6.42 Å². The Hall–Kier alpha value is -3.04. The average molecular weight is 428 g/mol. The lowest BCUT2D eigenvalue weighted by atomic mass is 10.1. The van der Waals surface area contributed by atoms with Gasteiger partial charge in [-0.05, 0) is 48.4 Å². The number of anilines is 1. The molecule has 7 nitrogen and oxygen atoms in total. The highest BCUT2D eigenvalue weighted by molar-refractivity contribution is 7.89. The molecule has 1 aromatic heterocycles. The molecule has 0 bridgehead atoms. The number of hydrogen-bond acceptors (Lipinski definition) is 4. The summed E-state index contributed by atoms with van der Waals surface area (Å²) in [6.07, 6.45) is 4.54. The molecule has 0 saturated carbocycles. The highest BCUT2D eigenvalue weighted by Crippen LogP contribution is 2.26. The molecule has 0 radical (unpaired) electrons. The number of nitrogens with one attached hydrogen (secondary N) is 1. The molecular formula is C21H21FN4O3S. The van der Waals surface area contributed by atoms with Gasteiger partial charge in [-0.1, -0.05) is 12.1 Å². The molecule has 1 aliphatic rings. The van der Waals surface area contributed by atoms with Crippen LogP contribution in [0.4, 0.5) is 10.1 Å². The summed E-state index contributed by atoms with van der Waals surface area (Å²) in [5.41, 5.74) is 1.11. The van der Waals surface area contributed by atoms with Crippen LogP contribution in [0.1, 0.15) is 30.3 Å². The minimum Gasteiger partial charge on any atom is -0.336 e. The second kappa shape index (κ2) is 8.00. The standard InChI is InChI=1S/C21H21FN4O3S/c1-25-13-11-23-21(25)20(15-4-2-5-16(22)14-15)24-30(28,29)18-9-7-17(8-10-18)26-12-3-6-19(26)27/h2,4-5,7-11,13-14,20,24H,3,6,12H2,1H3/t20-/m0/s1. The Morgan fingerprint density at radius 3 is 2.53 bits per heavy atom. The van der Waals surface area contributed by atoms with E-state index in [4.69, 9.17) is 0 Å². The number of nitrogens with zero attached hydrogens (tertiary/aromatic N) is 3. The van der Waals surface area contributed by atoms with Crippen LogP contribution in [0.15, 0.2) is 65.8 Å². The molecule has 3 aromatic rings. The van der Waals surface area contributed by atoms with E-state index in [-0.39, 0.29) is 10.8 Å². The third-order valence-corrected chi connectivity index (χ3v) is 6.54. The van der Waals surface area contributed by atoms with E-state index in [1.807, 2.05) is 0 Å². The topological polar surface area (TPSA) is 84.3 Å². The first kappa shape index (κ1) is 20.2. The number of aromatic nitrogens is 2.